The van der Waals surface area contributed by atoms with E-state index >= 15 is 0 Å². The summed E-state index contributed by atoms with van der Waals surface area (Å²) in [6.45, 7) is 3.15. The Balaban J connectivity index is 2.26. The van der Waals surface area contributed by atoms with E-state index in [9.17, 15) is 9.18 Å². The zero-order valence-corrected chi connectivity index (χ0v) is 12.2. The van der Waals surface area contributed by atoms with Crippen LogP contribution in [0.1, 0.15) is 18.1 Å². The van der Waals surface area contributed by atoms with Crippen molar-refractivity contribution in [3.63, 3.8) is 0 Å². The molecule has 0 radical (unpaired) electrons. The van der Waals surface area contributed by atoms with Crippen LogP contribution in [0.15, 0.2) is 35.3 Å². The van der Waals surface area contributed by atoms with Gasteiger partial charge in [-0.05, 0) is 18.6 Å². The van der Waals surface area contributed by atoms with Crippen LogP contribution in [-0.2, 0) is 13.1 Å². The summed E-state index contributed by atoms with van der Waals surface area (Å²) in [6.07, 6.45) is 1.61. The van der Waals surface area contributed by atoms with Gasteiger partial charge in [-0.25, -0.2) is 9.07 Å². The Labute approximate surface area is 122 Å². The molecule has 0 unspecified atom stereocenters. The fourth-order valence-corrected chi connectivity index (χ4v) is 1.94. The Morgan fingerprint density at radius 3 is 2.71 bits per heavy atom. The molecule has 5 nitrogen and oxygen atoms in total. The molecule has 1 aromatic carbocycles. The molecule has 0 aliphatic heterocycles. The number of aromatic nitrogens is 2. The van der Waals surface area contributed by atoms with Crippen LogP contribution in [0.3, 0.4) is 0 Å². The molecule has 0 saturated carbocycles. The minimum absolute atomic E-state index is 0.103. The zero-order valence-electron chi connectivity index (χ0n) is 12.2. The zero-order chi connectivity index (χ0) is 15.4. The molecule has 0 fully saturated rings. The van der Waals surface area contributed by atoms with Crippen LogP contribution in [0, 0.1) is 5.82 Å². The van der Waals surface area contributed by atoms with Gasteiger partial charge in [0.25, 0.3) is 5.56 Å². The van der Waals surface area contributed by atoms with Gasteiger partial charge in [-0.3, -0.25) is 4.79 Å². The highest BCUT2D eigenvalue weighted by molar-refractivity contribution is 5.41. The smallest absolute Gasteiger partial charge is 0.269 e. The van der Waals surface area contributed by atoms with Gasteiger partial charge in [-0.15, -0.1) is 0 Å². The molecule has 0 aliphatic rings. The standard InChI is InChI=1S/C15H19FN4O/c1-3-19(2)13-7-15(21)20(18-9-13)10-12-5-4-11(8-17)6-14(12)16/h4-7,9H,3,8,10,17H2,1-2H3. The Hall–Kier alpha value is -2.21. The van der Waals surface area contributed by atoms with Gasteiger partial charge in [0.1, 0.15) is 5.82 Å². The molecule has 6 heteroatoms. The van der Waals surface area contributed by atoms with Crippen molar-refractivity contribution in [1.82, 2.24) is 9.78 Å². The van der Waals surface area contributed by atoms with Crippen LogP contribution in [0.5, 0.6) is 0 Å². The summed E-state index contributed by atoms with van der Waals surface area (Å²) in [5.74, 6) is -0.374. The Morgan fingerprint density at radius 2 is 2.14 bits per heavy atom. The summed E-state index contributed by atoms with van der Waals surface area (Å²) in [5.41, 5.74) is 7.09. The first-order chi connectivity index (χ1) is 10.0. The Kier molecular flexibility index (Phi) is 4.70. The normalized spacial score (nSPS) is 10.7. The summed E-state index contributed by atoms with van der Waals surface area (Å²) >= 11 is 0. The van der Waals surface area contributed by atoms with Crippen molar-refractivity contribution in [3.05, 3.63) is 57.8 Å². The monoisotopic (exact) mass is 290 g/mol. The molecule has 112 valence electrons. The van der Waals surface area contributed by atoms with Gasteiger partial charge >= 0.3 is 0 Å². The third-order valence-corrected chi connectivity index (χ3v) is 3.44. The number of halogens is 1. The molecule has 2 aromatic rings. The molecule has 0 saturated heterocycles. The van der Waals surface area contributed by atoms with Gasteiger partial charge in [0.2, 0.25) is 0 Å². The van der Waals surface area contributed by atoms with Gasteiger partial charge in [-0.1, -0.05) is 12.1 Å². The van der Waals surface area contributed by atoms with Crippen molar-refractivity contribution in [2.24, 2.45) is 5.73 Å². The van der Waals surface area contributed by atoms with E-state index in [2.05, 4.69) is 5.10 Å². The van der Waals surface area contributed by atoms with Crippen LogP contribution >= 0.6 is 0 Å². The average Bonchev–Trinajstić information content (AvgIpc) is 2.50. The highest BCUT2D eigenvalue weighted by atomic mass is 19.1. The summed E-state index contributed by atoms with van der Waals surface area (Å²) < 4.78 is 15.2. The lowest BCUT2D eigenvalue weighted by molar-refractivity contribution is 0.570. The minimum atomic E-state index is -0.374. The lowest BCUT2D eigenvalue weighted by Gasteiger charge is -2.16. The van der Waals surface area contributed by atoms with Gasteiger partial charge in [-0.2, -0.15) is 5.10 Å². The predicted octanol–water partition coefficient (Wildman–Crippen LogP) is 1.35. The van der Waals surface area contributed by atoms with E-state index in [0.717, 1.165) is 17.8 Å². The fraction of sp³-hybridized carbons (Fsp3) is 0.333. The number of hydrogen-bond donors (Lipinski definition) is 1. The van der Waals surface area contributed by atoms with E-state index in [1.807, 2.05) is 18.9 Å². The molecule has 0 aliphatic carbocycles. The molecular formula is C15H19FN4O. The van der Waals surface area contributed by atoms with Crippen LogP contribution in [0.4, 0.5) is 10.1 Å². The van der Waals surface area contributed by atoms with Crippen LogP contribution in [0.25, 0.3) is 0 Å². The Bertz CT molecular complexity index is 684. The van der Waals surface area contributed by atoms with Crippen LogP contribution < -0.4 is 16.2 Å². The summed E-state index contributed by atoms with van der Waals surface area (Å²) in [5, 5.41) is 4.10. The van der Waals surface area contributed by atoms with Gasteiger partial charge < -0.3 is 10.6 Å². The number of anilines is 1. The molecule has 2 rings (SSSR count). The SMILES string of the molecule is CCN(C)c1cnn(Cc2ccc(CN)cc2F)c(=O)c1. The van der Waals surface area contributed by atoms with E-state index in [4.69, 9.17) is 5.73 Å². The van der Waals surface area contributed by atoms with Crippen molar-refractivity contribution in [2.45, 2.75) is 20.0 Å². The van der Waals surface area contributed by atoms with Gasteiger partial charge in [0.15, 0.2) is 0 Å². The Morgan fingerprint density at radius 1 is 1.38 bits per heavy atom. The van der Waals surface area contributed by atoms with Gasteiger partial charge in [0, 0.05) is 31.8 Å². The van der Waals surface area contributed by atoms with Crippen molar-refractivity contribution in [1.29, 1.82) is 0 Å². The largest absolute Gasteiger partial charge is 0.373 e. The molecule has 1 aromatic heterocycles. The van der Waals surface area contributed by atoms with Crippen molar-refractivity contribution >= 4 is 5.69 Å². The van der Waals surface area contributed by atoms with Crippen molar-refractivity contribution in [3.8, 4) is 0 Å². The van der Waals surface area contributed by atoms with E-state index in [-0.39, 0.29) is 24.5 Å². The first-order valence-corrected chi connectivity index (χ1v) is 6.80. The maximum atomic E-state index is 13.9. The lowest BCUT2D eigenvalue weighted by atomic mass is 10.1. The molecular weight excluding hydrogens is 271 g/mol. The second-order valence-corrected chi connectivity index (χ2v) is 4.85. The van der Waals surface area contributed by atoms with E-state index < -0.39 is 0 Å². The number of nitrogens with zero attached hydrogens (tertiary/aromatic N) is 3. The molecule has 0 atom stereocenters. The number of rotatable bonds is 5. The second-order valence-electron chi connectivity index (χ2n) is 4.85. The first kappa shape index (κ1) is 15.2. The fourth-order valence-electron chi connectivity index (χ4n) is 1.94. The third kappa shape index (κ3) is 3.46. The number of nitrogens with two attached hydrogens (primary N) is 1. The third-order valence-electron chi connectivity index (χ3n) is 3.44. The summed E-state index contributed by atoms with van der Waals surface area (Å²) in [7, 11) is 1.88. The molecule has 2 N–H and O–H groups in total. The van der Waals surface area contributed by atoms with Crippen LogP contribution in [-0.4, -0.2) is 23.4 Å². The van der Waals surface area contributed by atoms with E-state index in [1.165, 1.54) is 16.8 Å². The topological polar surface area (TPSA) is 64.2 Å². The summed E-state index contributed by atoms with van der Waals surface area (Å²) in [6, 6.07) is 6.28. The van der Waals surface area contributed by atoms with E-state index in [1.54, 1.807) is 18.3 Å². The molecule has 0 spiro atoms. The van der Waals surface area contributed by atoms with Crippen molar-refractivity contribution < 1.29 is 4.39 Å². The second kappa shape index (κ2) is 6.49. The summed E-state index contributed by atoms with van der Waals surface area (Å²) in [4.78, 5) is 13.9. The maximum Gasteiger partial charge on any atom is 0.269 e. The van der Waals surface area contributed by atoms with Crippen LogP contribution in [0.2, 0.25) is 0 Å². The van der Waals surface area contributed by atoms with Crippen molar-refractivity contribution in [2.75, 3.05) is 18.5 Å². The molecule has 21 heavy (non-hydrogen) atoms. The first-order valence-electron chi connectivity index (χ1n) is 6.80. The molecule has 0 amide bonds. The average molecular weight is 290 g/mol. The minimum Gasteiger partial charge on any atom is -0.373 e. The number of benzene rings is 1. The lowest BCUT2D eigenvalue weighted by Crippen LogP contribution is -2.26. The van der Waals surface area contributed by atoms with Gasteiger partial charge in [0.05, 0.1) is 18.4 Å². The molecule has 0 bridgehead atoms. The van der Waals surface area contributed by atoms with E-state index in [0.29, 0.717) is 5.56 Å². The quantitative estimate of drug-likeness (QED) is 0.902. The predicted molar refractivity (Wildman–Crippen MR) is 80.8 cm³/mol. The molecule has 1 heterocycles. The maximum absolute atomic E-state index is 13.9. The number of hydrogen-bond acceptors (Lipinski definition) is 4. The highest BCUT2D eigenvalue weighted by Crippen LogP contribution is 2.12. The highest BCUT2D eigenvalue weighted by Gasteiger charge is 2.08.